The lowest BCUT2D eigenvalue weighted by Gasteiger charge is -2.13. The molecule has 3 aromatic carbocycles. The third-order valence-corrected chi connectivity index (χ3v) is 3.68. The maximum absolute atomic E-state index is 11.2. The van der Waals surface area contributed by atoms with Gasteiger partial charge in [-0.25, -0.2) is 4.79 Å². The van der Waals surface area contributed by atoms with Gasteiger partial charge < -0.3 is 14.9 Å². The van der Waals surface area contributed by atoms with Crippen molar-refractivity contribution in [2.24, 2.45) is 0 Å². The van der Waals surface area contributed by atoms with E-state index in [4.69, 9.17) is 9.84 Å². The average Bonchev–Trinajstić information content (AvgIpc) is 2.61. The van der Waals surface area contributed by atoms with Gasteiger partial charge >= 0.3 is 5.97 Å². The first-order valence-corrected chi connectivity index (χ1v) is 7.48. The number of carboxylic acid groups (broad SMARTS) is 1. The van der Waals surface area contributed by atoms with E-state index in [2.05, 4.69) is 0 Å². The molecular formula is C20H16O4. The lowest BCUT2D eigenvalue weighted by atomic mass is 10.0. The Kier molecular flexibility index (Phi) is 4.47. The molecule has 2 N–H and O–H groups in total. The Bertz CT molecular complexity index is 857. The van der Waals surface area contributed by atoms with Crippen LogP contribution in [-0.2, 0) is 6.61 Å². The first-order chi connectivity index (χ1) is 11.7. The molecule has 0 aliphatic carbocycles. The number of carbonyl (C=O) groups is 1. The number of benzene rings is 3. The van der Waals surface area contributed by atoms with Crippen LogP contribution in [0.2, 0.25) is 0 Å². The smallest absolute Gasteiger partial charge is 0.339 e. The fraction of sp³-hybridized carbons (Fsp3) is 0.0500. The van der Waals surface area contributed by atoms with E-state index < -0.39 is 5.97 Å². The molecule has 3 rings (SSSR count). The Morgan fingerprint density at radius 3 is 2.25 bits per heavy atom. The minimum atomic E-state index is -1.17. The molecule has 0 unspecified atom stereocenters. The van der Waals surface area contributed by atoms with E-state index in [1.54, 1.807) is 24.3 Å². The Labute approximate surface area is 139 Å². The summed E-state index contributed by atoms with van der Waals surface area (Å²) in [7, 11) is 0. The SMILES string of the molecule is O=C(O)c1cccc(-c2ccccc2OCc2ccccc2)c1O. The average molecular weight is 320 g/mol. The highest BCUT2D eigenvalue weighted by Crippen LogP contribution is 2.37. The molecule has 0 heterocycles. The number of aromatic carboxylic acids is 1. The van der Waals surface area contributed by atoms with Gasteiger partial charge in [-0.1, -0.05) is 60.7 Å². The van der Waals surface area contributed by atoms with Crippen molar-refractivity contribution in [3.05, 3.63) is 83.9 Å². The summed E-state index contributed by atoms with van der Waals surface area (Å²) in [5.74, 6) is -0.850. The molecule has 0 aromatic heterocycles. The van der Waals surface area contributed by atoms with Gasteiger partial charge in [-0.05, 0) is 17.7 Å². The highest BCUT2D eigenvalue weighted by Gasteiger charge is 2.16. The first-order valence-electron chi connectivity index (χ1n) is 7.48. The second-order valence-electron chi connectivity index (χ2n) is 5.28. The summed E-state index contributed by atoms with van der Waals surface area (Å²) >= 11 is 0. The van der Waals surface area contributed by atoms with Gasteiger partial charge in [0.2, 0.25) is 0 Å². The molecule has 0 saturated carbocycles. The van der Waals surface area contributed by atoms with E-state index in [0.717, 1.165) is 5.56 Å². The number of aromatic hydroxyl groups is 1. The first kappa shape index (κ1) is 15.6. The second-order valence-corrected chi connectivity index (χ2v) is 5.28. The summed E-state index contributed by atoms with van der Waals surface area (Å²) in [6, 6.07) is 21.6. The van der Waals surface area contributed by atoms with Crippen LogP contribution in [0.15, 0.2) is 72.8 Å². The fourth-order valence-electron chi connectivity index (χ4n) is 2.48. The van der Waals surface area contributed by atoms with Crippen LogP contribution in [0.3, 0.4) is 0 Å². The molecule has 0 aliphatic rings. The summed E-state index contributed by atoms with van der Waals surface area (Å²) in [6.07, 6.45) is 0. The summed E-state index contributed by atoms with van der Waals surface area (Å²) in [5, 5.41) is 19.5. The Balaban J connectivity index is 1.95. The van der Waals surface area contributed by atoms with Crippen LogP contribution in [0.1, 0.15) is 15.9 Å². The maximum atomic E-state index is 11.2. The van der Waals surface area contributed by atoms with Crippen molar-refractivity contribution in [2.75, 3.05) is 0 Å². The highest BCUT2D eigenvalue weighted by molar-refractivity contribution is 5.94. The summed E-state index contributed by atoms with van der Waals surface area (Å²) < 4.78 is 5.87. The Morgan fingerprint density at radius 1 is 0.833 bits per heavy atom. The maximum Gasteiger partial charge on any atom is 0.339 e. The summed E-state index contributed by atoms with van der Waals surface area (Å²) in [5.41, 5.74) is 1.97. The Morgan fingerprint density at radius 2 is 1.50 bits per heavy atom. The molecule has 0 atom stereocenters. The van der Waals surface area contributed by atoms with Crippen molar-refractivity contribution in [3.8, 4) is 22.6 Å². The van der Waals surface area contributed by atoms with E-state index in [9.17, 15) is 9.90 Å². The minimum Gasteiger partial charge on any atom is -0.506 e. The minimum absolute atomic E-state index is 0.134. The van der Waals surface area contributed by atoms with E-state index in [1.165, 1.54) is 6.07 Å². The molecule has 24 heavy (non-hydrogen) atoms. The van der Waals surface area contributed by atoms with Gasteiger partial charge in [0.25, 0.3) is 0 Å². The molecule has 0 fully saturated rings. The van der Waals surface area contributed by atoms with Gasteiger partial charge in [-0.3, -0.25) is 0 Å². The third kappa shape index (κ3) is 3.22. The zero-order valence-electron chi connectivity index (χ0n) is 12.8. The van der Waals surface area contributed by atoms with E-state index in [1.807, 2.05) is 42.5 Å². The fourth-order valence-corrected chi connectivity index (χ4v) is 2.48. The van der Waals surface area contributed by atoms with Gasteiger partial charge in [0.15, 0.2) is 0 Å². The molecule has 0 amide bonds. The molecule has 0 saturated heterocycles. The quantitative estimate of drug-likeness (QED) is 0.734. The van der Waals surface area contributed by atoms with Gasteiger partial charge in [-0.2, -0.15) is 0 Å². The van der Waals surface area contributed by atoms with Gasteiger partial charge in [0.1, 0.15) is 23.7 Å². The molecule has 0 aliphatic heterocycles. The van der Waals surface area contributed by atoms with E-state index in [0.29, 0.717) is 23.5 Å². The van der Waals surface area contributed by atoms with Crippen LogP contribution in [0, 0.1) is 0 Å². The van der Waals surface area contributed by atoms with Crippen molar-refractivity contribution >= 4 is 5.97 Å². The van der Waals surface area contributed by atoms with Crippen LogP contribution >= 0.6 is 0 Å². The van der Waals surface area contributed by atoms with E-state index >= 15 is 0 Å². The van der Waals surface area contributed by atoms with Gasteiger partial charge in [0, 0.05) is 11.1 Å². The normalized spacial score (nSPS) is 10.3. The largest absolute Gasteiger partial charge is 0.506 e. The standard InChI is InChI=1S/C20H16O4/c21-19-16(10-6-11-17(19)20(22)23)15-9-4-5-12-18(15)24-13-14-7-2-1-3-8-14/h1-12,21H,13H2,(H,22,23). The number of hydrogen-bond acceptors (Lipinski definition) is 3. The van der Waals surface area contributed by atoms with E-state index in [-0.39, 0.29) is 11.3 Å². The second kappa shape index (κ2) is 6.87. The molecule has 4 heteroatoms. The van der Waals surface area contributed by atoms with Crippen LogP contribution in [0.25, 0.3) is 11.1 Å². The van der Waals surface area contributed by atoms with Crippen LogP contribution in [-0.4, -0.2) is 16.2 Å². The zero-order chi connectivity index (χ0) is 16.9. The third-order valence-electron chi connectivity index (χ3n) is 3.68. The number of ether oxygens (including phenoxy) is 1. The summed E-state index contributed by atoms with van der Waals surface area (Å²) in [4.78, 5) is 11.2. The van der Waals surface area contributed by atoms with Crippen molar-refractivity contribution < 1.29 is 19.7 Å². The molecule has 4 nitrogen and oxygen atoms in total. The Hall–Kier alpha value is -3.27. The van der Waals surface area contributed by atoms with Crippen LogP contribution < -0.4 is 4.74 Å². The van der Waals surface area contributed by atoms with Crippen LogP contribution in [0.4, 0.5) is 0 Å². The number of hydrogen-bond donors (Lipinski definition) is 2. The predicted octanol–water partition coefficient (Wildman–Crippen LogP) is 4.34. The molecule has 0 radical (unpaired) electrons. The molecule has 0 spiro atoms. The van der Waals surface area contributed by atoms with Gasteiger partial charge in [-0.15, -0.1) is 0 Å². The number of phenols is 1. The predicted molar refractivity (Wildman–Crippen MR) is 91.3 cm³/mol. The molecule has 3 aromatic rings. The van der Waals surface area contributed by atoms with Crippen molar-refractivity contribution in [1.82, 2.24) is 0 Å². The topological polar surface area (TPSA) is 66.8 Å². The highest BCUT2D eigenvalue weighted by atomic mass is 16.5. The molecular weight excluding hydrogens is 304 g/mol. The monoisotopic (exact) mass is 320 g/mol. The number of rotatable bonds is 5. The summed E-state index contributed by atoms with van der Waals surface area (Å²) in [6.45, 7) is 0.386. The van der Waals surface area contributed by atoms with Crippen LogP contribution in [0.5, 0.6) is 11.5 Å². The lowest BCUT2D eigenvalue weighted by molar-refractivity contribution is 0.0694. The number of carboxylic acids is 1. The van der Waals surface area contributed by atoms with Gasteiger partial charge in [0.05, 0.1) is 0 Å². The lowest BCUT2D eigenvalue weighted by Crippen LogP contribution is -1.99. The van der Waals surface area contributed by atoms with Crippen molar-refractivity contribution in [3.63, 3.8) is 0 Å². The van der Waals surface area contributed by atoms with Crippen molar-refractivity contribution in [2.45, 2.75) is 6.61 Å². The van der Waals surface area contributed by atoms with Crippen molar-refractivity contribution in [1.29, 1.82) is 0 Å². The molecule has 120 valence electrons. The zero-order valence-corrected chi connectivity index (χ0v) is 12.8. The molecule has 0 bridgehead atoms. The number of para-hydroxylation sites is 2.